The number of nitrogens with zero attached hydrogens (tertiary/aromatic N) is 1. The minimum absolute atomic E-state index is 0.0689. The Hall–Kier alpha value is -1.75. The largest absolute Gasteiger partial charge is 0.491 e. The standard InChI is InChI=1S/C16H22N2O3/c1-2-17-14-10-21-15-9-12(5-6-13(14)15)20-11-16(19)18-7-3-4-8-18/h5-6,9,14,17H,2-4,7-8,10-11H2,1H3. The molecular weight excluding hydrogens is 268 g/mol. The number of likely N-dealkylation sites (tertiary alicyclic amines) is 1. The van der Waals surface area contributed by atoms with Gasteiger partial charge in [-0.25, -0.2) is 0 Å². The quantitative estimate of drug-likeness (QED) is 0.897. The summed E-state index contributed by atoms with van der Waals surface area (Å²) in [5.41, 5.74) is 1.16. The molecule has 0 spiro atoms. The Labute approximate surface area is 125 Å². The van der Waals surface area contributed by atoms with Crippen LogP contribution in [0.3, 0.4) is 0 Å². The van der Waals surface area contributed by atoms with Crippen LogP contribution in [0.15, 0.2) is 18.2 Å². The average Bonchev–Trinajstić information content (AvgIpc) is 3.15. The lowest BCUT2D eigenvalue weighted by molar-refractivity contribution is -0.132. The fraction of sp³-hybridized carbons (Fsp3) is 0.562. The van der Waals surface area contributed by atoms with Crippen molar-refractivity contribution >= 4 is 5.91 Å². The second-order valence-corrected chi connectivity index (χ2v) is 5.50. The number of rotatable bonds is 5. The molecule has 1 fully saturated rings. The molecule has 0 aliphatic carbocycles. The van der Waals surface area contributed by atoms with E-state index in [1.54, 1.807) is 0 Å². The summed E-state index contributed by atoms with van der Waals surface area (Å²) < 4.78 is 11.3. The minimum Gasteiger partial charge on any atom is -0.491 e. The molecule has 1 aromatic carbocycles. The third-order valence-corrected chi connectivity index (χ3v) is 4.04. The first kappa shape index (κ1) is 14.2. The highest BCUT2D eigenvalue weighted by Gasteiger charge is 2.24. The Morgan fingerprint density at radius 3 is 3.00 bits per heavy atom. The van der Waals surface area contributed by atoms with Crippen LogP contribution in [0.25, 0.3) is 0 Å². The molecule has 1 N–H and O–H groups in total. The normalized spacial score (nSPS) is 20.2. The van der Waals surface area contributed by atoms with Crippen LogP contribution in [0.1, 0.15) is 31.4 Å². The van der Waals surface area contributed by atoms with Gasteiger partial charge in [-0.05, 0) is 31.5 Å². The number of nitrogens with one attached hydrogen (secondary N) is 1. The molecular formula is C16H22N2O3. The summed E-state index contributed by atoms with van der Waals surface area (Å²) in [6, 6.07) is 6.06. The van der Waals surface area contributed by atoms with Gasteiger partial charge in [0.1, 0.15) is 18.1 Å². The number of hydrogen-bond donors (Lipinski definition) is 1. The van der Waals surface area contributed by atoms with Gasteiger partial charge in [-0.15, -0.1) is 0 Å². The van der Waals surface area contributed by atoms with Gasteiger partial charge >= 0.3 is 0 Å². The molecule has 1 aromatic rings. The van der Waals surface area contributed by atoms with E-state index in [9.17, 15) is 4.79 Å². The summed E-state index contributed by atoms with van der Waals surface area (Å²) in [4.78, 5) is 13.8. The lowest BCUT2D eigenvalue weighted by Crippen LogP contribution is -2.32. The number of ether oxygens (including phenoxy) is 2. The van der Waals surface area contributed by atoms with Crippen molar-refractivity contribution in [1.29, 1.82) is 0 Å². The highest BCUT2D eigenvalue weighted by atomic mass is 16.5. The van der Waals surface area contributed by atoms with Crippen molar-refractivity contribution in [3.63, 3.8) is 0 Å². The van der Waals surface area contributed by atoms with Gasteiger partial charge < -0.3 is 19.7 Å². The van der Waals surface area contributed by atoms with Crippen molar-refractivity contribution in [2.24, 2.45) is 0 Å². The van der Waals surface area contributed by atoms with E-state index in [-0.39, 0.29) is 18.6 Å². The molecule has 5 nitrogen and oxygen atoms in total. The fourth-order valence-electron chi connectivity index (χ4n) is 2.90. The topological polar surface area (TPSA) is 50.8 Å². The molecule has 2 heterocycles. The molecule has 5 heteroatoms. The van der Waals surface area contributed by atoms with Gasteiger partial charge in [0.05, 0.1) is 6.04 Å². The molecule has 2 aliphatic heterocycles. The van der Waals surface area contributed by atoms with Crippen molar-refractivity contribution in [3.8, 4) is 11.5 Å². The van der Waals surface area contributed by atoms with E-state index >= 15 is 0 Å². The number of fused-ring (bicyclic) bond motifs is 1. The molecule has 2 aliphatic rings. The van der Waals surface area contributed by atoms with Crippen LogP contribution >= 0.6 is 0 Å². The predicted molar refractivity (Wildman–Crippen MR) is 79.7 cm³/mol. The second-order valence-electron chi connectivity index (χ2n) is 5.50. The van der Waals surface area contributed by atoms with E-state index < -0.39 is 0 Å². The number of carbonyl (C=O) groups is 1. The molecule has 114 valence electrons. The van der Waals surface area contributed by atoms with E-state index in [1.807, 2.05) is 23.1 Å². The molecule has 3 rings (SSSR count). The van der Waals surface area contributed by atoms with Crippen molar-refractivity contribution in [3.05, 3.63) is 23.8 Å². The van der Waals surface area contributed by atoms with Crippen LogP contribution in [0.2, 0.25) is 0 Å². The third kappa shape index (κ3) is 3.13. The SMILES string of the molecule is CCNC1COc2cc(OCC(=O)N3CCCC3)ccc21. The summed E-state index contributed by atoms with van der Waals surface area (Å²) in [6.45, 7) is 5.48. The van der Waals surface area contributed by atoms with Gasteiger partial charge in [0.25, 0.3) is 5.91 Å². The highest BCUT2D eigenvalue weighted by Crippen LogP contribution is 2.35. The zero-order valence-corrected chi connectivity index (χ0v) is 12.4. The molecule has 21 heavy (non-hydrogen) atoms. The predicted octanol–water partition coefficient (Wildman–Crippen LogP) is 1.73. The zero-order valence-electron chi connectivity index (χ0n) is 12.4. The Kier molecular flexibility index (Phi) is 4.29. The molecule has 0 bridgehead atoms. The molecule has 0 saturated carbocycles. The monoisotopic (exact) mass is 290 g/mol. The van der Waals surface area contributed by atoms with Gasteiger partial charge in [-0.3, -0.25) is 4.79 Å². The first-order valence-corrected chi connectivity index (χ1v) is 7.68. The van der Waals surface area contributed by atoms with E-state index in [0.717, 1.165) is 43.8 Å². The van der Waals surface area contributed by atoms with E-state index in [4.69, 9.17) is 9.47 Å². The maximum absolute atomic E-state index is 11.9. The van der Waals surface area contributed by atoms with Crippen LogP contribution in [-0.4, -0.2) is 43.7 Å². The van der Waals surface area contributed by atoms with Crippen LogP contribution in [0.5, 0.6) is 11.5 Å². The fourth-order valence-corrected chi connectivity index (χ4v) is 2.90. The van der Waals surface area contributed by atoms with Gasteiger partial charge in [0, 0.05) is 24.7 Å². The van der Waals surface area contributed by atoms with Crippen LogP contribution in [0, 0.1) is 0 Å². The van der Waals surface area contributed by atoms with Crippen LogP contribution in [0.4, 0.5) is 0 Å². The van der Waals surface area contributed by atoms with Gasteiger partial charge in [-0.1, -0.05) is 6.92 Å². The molecule has 0 aromatic heterocycles. The van der Waals surface area contributed by atoms with Crippen LogP contribution < -0.4 is 14.8 Å². The number of benzene rings is 1. The van der Waals surface area contributed by atoms with Crippen molar-refractivity contribution in [2.75, 3.05) is 32.8 Å². The first-order chi connectivity index (χ1) is 10.3. The number of hydrogen-bond acceptors (Lipinski definition) is 4. The van der Waals surface area contributed by atoms with Crippen molar-refractivity contribution < 1.29 is 14.3 Å². The van der Waals surface area contributed by atoms with E-state index in [0.29, 0.717) is 12.4 Å². The maximum Gasteiger partial charge on any atom is 0.260 e. The van der Waals surface area contributed by atoms with Gasteiger partial charge in [-0.2, -0.15) is 0 Å². The molecule has 1 atom stereocenters. The number of carbonyl (C=O) groups excluding carboxylic acids is 1. The molecule has 0 radical (unpaired) electrons. The van der Waals surface area contributed by atoms with E-state index in [2.05, 4.69) is 12.2 Å². The van der Waals surface area contributed by atoms with Crippen molar-refractivity contribution in [2.45, 2.75) is 25.8 Å². The number of likely N-dealkylation sites (N-methyl/N-ethyl adjacent to an activating group) is 1. The minimum atomic E-state index is 0.0689. The highest BCUT2D eigenvalue weighted by molar-refractivity contribution is 5.78. The summed E-state index contributed by atoms with van der Waals surface area (Å²) in [5.74, 6) is 1.62. The Balaban J connectivity index is 1.58. The second kappa shape index (κ2) is 6.35. The summed E-state index contributed by atoms with van der Waals surface area (Å²) >= 11 is 0. The lowest BCUT2D eigenvalue weighted by atomic mass is 10.1. The molecule has 1 unspecified atom stereocenters. The Bertz CT molecular complexity index is 512. The summed E-state index contributed by atoms with van der Waals surface area (Å²) in [7, 11) is 0. The lowest BCUT2D eigenvalue weighted by Gasteiger charge is -2.15. The van der Waals surface area contributed by atoms with E-state index in [1.165, 1.54) is 0 Å². The Morgan fingerprint density at radius 1 is 1.43 bits per heavy atom. The zero-order chi connectivity index (χ0) is 14.7. The van der Waals surface area contributed by atoms with Gasteiger partial charge in [0.2, 0.25) is 0 Å². The summed E-state index contributed by atoms with van der Waals surface area (Å²) in [6.07, 6.45) is 2.20. The summed E-state index contributed by atoms with van der Waals surface area (Å²) in [5, 5.41) is 3.38. The Morgan fingerprint density at radius 2 is 2.24 bits per heavy atom. The third-order valence-electron chi connectivity index (χ3n) is 4.04. The van der Waals surface area contributed by atoms with Gasteiger partial charge in [0.15, 0.2) is 6.61 Å². The van der Waals surface area contributed by atoms with Crippen LogP contribution in [-0.2, 0) is 4.79 Å². The average molecular weight is 290 g/mol. The van der Waals surface area contributed by atoms with Crippen molar-refractivity contribution in [1.82, 2.24) is 10.2 Å². The molecule has 1 saturated heterocycles. The maximum atomic E-state index is 11.9. The first-order valence-electron chi connectivity index (χ1n) is 7.68. The molecule has 1 amide bonds. The smallest absolute Gasteiger partial charge is 0.260 e. The number of amides is 1.